The molecule has 1 amide bonds. The number of carboxylic acid groups (broad SMARTS) is 1. The summed E-state index contributed by atoms with van der Waals surface area (Å²) in [6.07, 6.45) is -19.0. The zero-order valence-electron chi connectivity index (χ0n) is 36.3. The molecule has 15 atom stereocenters. The number of carbonyl (C=O) groups excluding carboxylic acids is 2. The lowest BCUT2D eigenvalue weighted by molar-refractivity contribution is -0.384. The van der Waals surface area contributed by atoms with Gasteiger partial charge in [-0.1, -0.05) is 0 Å². The number of aliphatic hydroxyl groups is 5. The van der Waals surface area contributed by atoms with Crippen LogP contribution in [0.3, 0.4) is 0 Å². The fourth-order valence-corrected chi connectivity index (χ4v) is 9.33. The van der Waals surface area contributed by atoms with Crippen molar-refractivity contribution in [2.24, 2.45) is 11.8 Å². The minimum atomic E-state index is -2.05. The normalized spacial score (nSPS) is 33.5. The number of ether oxygens (including phenoxy) is 12. The van der Waals surface area contributed by atoms with Crippen LogP contribution in [0.15, 0.2) is 42.5 Å². The number of carbonyl (C=O) groups is 3. The molecule has 0 bridgehead atoms. The SMILES string of the molecule is COc1cc([C@@H]2c3cc4c(cc3[C@@H](O[C@@H]3O[C@@H]5CO[C@@H](C)O[C@H]5[C@H](O)[C@H]3O)[C@H]3COC(=O)[C@H]23)OCO4)cc(OC)c1OC(=O)N(C)c1cc([N+](=O)[O-])ccc1O[C@H]1OC(C(=O)O)[C@@H](O)[C@H](O)[C@H]1O. The Balaban J connectivity index is 1.04. The van der Waals surface area contributed by atoms with Crippen molar-refractivity contribution >= 4 is 29.4 Å². The third kappa shape index (κ3) is 8.22. The number of nitrogens with zero attached hydrogens (tertiary/aromatic N) is 2. The van der Waals surface area contributed by atoms with E-state index in [0.29, 0.717) is 28.2 Å². The Labute approximate surface area is 384 Å². The number of hydrogen-bond acceptors (Lipinski definition) is 22. The summed E-state index contributed by atoms with van der Waals surface area (Å²) in [6, 6.07) is 9.34. The molecule has 25 heteroatoms. The second-order valence-corrected chi connectivity index (χ2v) is 16.7. The summed E-state index contributed by atoms with van der Waals surface area (Å²) in [5, 5.41) is 74.8. The number of rotatable bonds is 11. The van der Waals surface area contributed by atoms with Gasteiger partial charge in [-0.3, -0.25) is 19.8 Å². The molecule has 0 spiro atoms. The lowest BCUT2D eigenvalue weighted by Gasteiger charge is -2.47. The van der Waals surface area contributed by atoms with E-state index in [-0.39, 0.29) is 48.7 Å². The molecule has 0 saturated carbocycles. The van der Waals surface area contributed by atoms with Gasteiger partial charge in [0.05, 0.1) is 50.1 Å². The van der Waals surface area contributed by atoms with Gasteiger partial charge in [0, 0.05) is 31.0 Å². The molecule has 9 rings (SSSR count). The Kier molecular flexibility index (Phi) is 12.7. The van der Waals surface area contributed by atoms with Crippen molar-refractivity contribution in [3.63, 3.8) is 0 Å². The molecule has 1 aliphatic carbocycles. The number of aliphatic hydroxyl groups excluding tert-OH is 5. The number of esters is 1. The van der Waals surface area contributed by atoms with E-state index in [4.69, 9.17) is 56.8 Å². The van der Waals surface area contributed by atoms with Gasteiger partial charge in [-0.25, -0.2) is 9.59 Å². The molecule has 6 aliphatic rings. The van der Waals surface area contributed by atoms with Gasteiger partial charge >= 0.3 is 18.0 Å². The summed E-state index contributed by atoms with van der Waals surface area (Å²) in [6.45, 7) is 1.49. The predicted octanol–water partition coefficient (Wildman–Crippen LogP) is 0.447. The van der Waals surface area contributed by atoms with Crippen LogP contribution in [0.4, 0.5) is 16.2 Å². The lowest BCUT2D eigenvalue weighted by atomic mass is 9.66. The van der Waals surface area contributed by atoms with Gasteiger partial charge in [0.25, 0.3) is 5.69 Å². The Morgan fingerprint density at radius 2 is 1.49 bits per heavy atom. The Morgan fingerprint density at radius 1 is 0.809 bits per heavy atom. The third-order valence-electron chi connectivity index (χ3n) is 12.8. The van der Waals surface area contributed by atoms with Gasteiger partial charge in [0.1, 0.15) is 48.5 Å². The molecule has 5 heterocycles. The smallest absolute Gasteiger partial charge is 0.419 e. The number of aliphatic carboxylic acids is 1. The van der Waals surface area contributed by atoms with Gasteiger partial charge in [0.2, 0.25) is 18.8 Å². The number of amides is 1. The number of nitro groups is 1. The minimum Gasteiger partial charge on any atom is -0.493 e. The molecule has 4 saturated heterocycles. The summed E-state index contributed by atoms with van der Waals surface area (Å²) in [5.41, 5.74) is 0.550. The highest BCUT2D eigenvalue weighted by Gasteiger charge is 2.56. The van der Waals surface area contributed by atoms with Crippen LogP contribution in [-0.2, 0) is 38.0 Å². The van der Waals surface area contributed by atoms with E-state index in [0.717, 1.165) is 30.1 Å². The molecule has 0 radical (unpaired) electrons. The number of non-ortho nitro benzene ring substituents is 1. The van der Waals surface area contributed by atoms with E-state index in [1.165, 1.54) is 26.4 Å². The Hall–Kier alpha value is -6.13. The van der Waals surface area contributed by atoms with Crippen molar-refractivity contribution in [2.75, 3.05) is 46.2 Å². The van der Waals surface area contributed by atoms with Crippen molar-refractivity contribution in [1.82, 2.24) is 0 Å². The number of nitro benzene ring substituents is 1. The molecule has 4 fully saturated rings. The maximum absolute atomic E-state index is 14.0. The van der Waals surface area contributed by atoms with Gasteiger partial charge in [-0.2, -0.15) is 0 Å². The van der Waals surface area contributed by atoms with Crippen molar-refractivity contribution in [3.8, 4) is 34.5 Å². The Morgan fingerprint density at radius 3 is 2.15 bits per heavy atom. The first kappa shape index (κ1) is 47.0. The summed E-state index contributed by atoms with van der Waals surface area (Å²) in [4.78, 5) is 51.5. The van der Waals surface area contributed by atoms with Crippen LogP contribution in [0.2, 0.25) is 0 Å². The van der Waals surface area contributed by atoms with Crippen LogP contribution in [0.25, 0.3) is 0 Å². The number of benzene rings is 3. The molecular formula is C43H46N2O23. The highest BCUT2D eigenvalue weighted by molar-refractivity contribution is 5.92. The predicted molar refractivity (Wildman–Crippen MR) is 219 cm³/mol. The van der Waals surface area contributed by atoms with Crippen molar-refractivity contribution in [2.45, 2.75) is 86.6 Å². The first-order valence-electron chi connectivity index (χ1n) is 21.1. The first-order valence-corrected chi connectivity index (χ1v) is 21.1. The maximum atomic E-state index is 14.0. The molecule has 3 aromatic carbocycles. The standard InChI is InChI=1S/C43H46N2O23/c1-15-59-13-27-37(63-15)32(48)34(50)42(65-27)66-35-19-11-24-23(61-14-62-24)10-18(19)28(29-20(35)12-60-40(29)53)16-7-25(57-3)36(26(8-16)58-4)68-43(54)44(2)21-9-17(45(55)56)5-6-22(21)64-41-33(49)30(46)31(47)38(67-41)39(51)52/h5-11,15,20,27-35,37-38,41-42,46-50H,12-14H2,1-4H3,(H,51,52)/t15-,20+,27-,28-,29+,30+,31+,32-,33-,34-,35-,37-,38?,41+,42+/m1/s1. The highest BCUT2D eigenvalue weighted by Crippen LogP contribution is 2.57. The summed E-state index contributed by atoms with van der Waals surface area (Å²) in [7, 11) is 3.70. The van der Waals surface area contributed by atoms with E-state index in [1.54, 1.807) is 19.1 Å². The average Bonchev–Trinajstić information content (AvgIpc) is 3.95. The van der Waals surface area contributed by atoms with Crippen LogP contribution in [-0.4, -0.2) is 163 Å². The molecular weight excluding hydrogens is 912 g/mol. The number of methoxy groups -OCH3 is 2. The van der Waals surface area contributed by atoms with Gasteiger partial charge in [-0.05, 0) is 53.9 Å². The molecule has 68 heavy (non-hydrogen) atoms. The number of carboxylic acids is 1. The minimum absolute atomic E-state index is 0.0518. The maximum Gasteiger partial charge on any atom is 0.419 e. The lowest BCUT2D eigenvalue weighted by Crippen LogP contribution is -2.63. The molecule has 366 valence electrons. The van der Waals surface area contributed by atoms with Crippen LogP contribution in [0.5, 0.6) is 34.5 Å². The van der Waals surface area contributed by atoms with Crippen molar-refractivity contribution in [1.29, 1.82) is 0 Å². The topological polar surface area (TPSA) is 330 Å². The molecule has 3 aromatic rings. The van der Waals surface area contributed by atoms with Crippen LogP contribution < -0.4 is 33.3 Å². The second kappa shape index (κ2) is 18.4. The zero-order valence-corrected chi connectivity index (χ0v) is 36.3. The number of cyclic esters (lactones) is 1. The molecule has 25 nitrogen and oxygen atoms in total. The van der Waals surface area contributed by atoms with Gasteiger partial charge in [0.15, 0.2) is 41.7 Å². The monoisotopic (exact) mass is 958 g/mol. The first-order chi connectivity index (χ1) is 32.5. The number of hydrogen-bond donors (Lipinski definition) is 6. The zero-order chi connectivity index (χ0) is 48.5. The van der Waals surface area contributed by atoms with E-state index in [2.05, 4.69) is 0 Å². The number of fused-ring (bicyclic) bond motifs is 4. The Bertz CT molecular complexity index is 2440. The van der Waals surface area contributed by atoms with Crippen LogP contribution >= 0.6 is 0 Å². The molecule has 0 aromatic heterocycles. The third-order valence-corrected chi connectivity index (χ3v) is 12.8. The quantitative estimate of drug-likeness (QED) is 0.0863. The van der Waals surface area contributed by atoms with E-state index in [1.807, 2.05) is 0 Å². The second-order valence-electron chi connectivity index (χ2n) is 16.7. The van der Waals surface area contributed by atoms with Gasteiger partial charge in [-0.15, -0.1) is 0 Å². The number of anilines is 1. The van der Waals surface area contributed by atoms with E-state index in [9.17, 15) is 55.1 Å². The molecule has 6 N–H and O–H groups in total. The molecule has 5 aliphatic heterocycles. The molecule has 1 unspecified atom stereocenters. The van der Waals surface area contributed by atoms with Crippen molar-refractivity contribution < 1.29 is 107 Å². The summed E-state index contributed by atoms with van der Waals surface area (Å²) >= 11 is 0. The van der Waals surface area contributed by atoms with E-state index >= 15 is 0 Å². The summed E-state index contributed by atoms with van der Waals surface area (Å²) in [5.74, 6) is -4.91. The van der Waals surface area contributed by atoms with Gasteiger partial charge < -0.3 is 87.5 Å². The fourth-order valence-electron chi connectivity index (χ4n) is 9.33. The van der Waals surface area contributed by atoms with Crippen molar-refractivity contribution in [3.05, 3.63) is 69.3 Å². The highest BCUT2D eigenvalue weighted by atomic mass is 16.8. The van der Waals surface area contributed by atoms with Crippen LogP contribution in [0, 0.1) is 22.0 Å². The van der Waals surface area contributed by atoms with Crippen LogP contribution in [0.1, 0.15) is 35.6 Å². The fraction of sp³-hybridized carbons (Fsp3) is 0.512. The van der Waals surface area contributed by atoms with E-state index < -0.39 is 120 Å². The summed E-state index contributed by atoms with van der Waals surface area (Å²) < 4.78 is 69.3. The largest absolute Gasteiger partial charge is 0.493 e. The average molecular weight is 959 g/mol.